The van der Waals surface area contributed by atoms with Crippen LogP contribution in [0, 0.1) is 0 Å². The predicted octanol–water partition coefficient (Wildman–Crippen LogP) is -1.24. The molecule has 0 bridgehead atoms. The summed E-state index contributed by atoms with van der Waals surface area (Å²) in [5.74, 6) is 0. The van der Waals surface area contributed by atoms with Crippen LogP contribution in [0.4, 0.5) is 0 Å². The molecular formula is C10H16O8. The number of aliphatic hydroxyl groups is 1. The maximum atomic E-state index is 9.29. The van der Waals surface area contributed by atoms with Gasteiger partial charge in [-0.3, -0.25) is 4.74 Å². The zero-order valence-electron chi connectivity index (χ0n) is 10.1. The summed E-state index contributed by atoms with van der Waals surface area (Å²) < 4.78 is 37.3. The summed E-state index contributed by atoms with van der Waals surface area (Å²) in [6.07, 6.45) is -2.42. The van der Waals surface area contributed by atoms with E-state index in [9.17, 15) is 5.11 Å². The van der Waals surface area contributed by atoms with Gasteiger partial charge in [0, 0.05) is 14.2 Å². The lowest BCUT2D eigenvalue weighted by atomic mass is 10.1. The minimum atomic E-state index is -0.851. The molecule has 8 nitrogen and oxygen atoms in total. The van der Waals surface area contributed by atoms with E-state index in [0.717, 1.165) is 0 Å². The fraction of sp³-hybridized carbons (Fsp3) is 1.00. The van der Waals surface area contributed by atoms with Gasteiger partial charge in [0.15, 0.2) is 6.29 Å². The van der Waals surface area contributed by atoms with Crippen molar-refractivity contribution in [2.24, 2.45) is 0 Å². The van der Waals surface area contributed by atoms with Gasteiger partial charge in [-0.25, -0.2) is 0 Å². The SMILES string of the molecule is COC1OC2OC3C(CO)OC(OC)OC3C2O1. The van der Waals surface area contributed by atoms with Crippen molar-refractivity contribution in [1.29, 1.82) is 0 Å². The number of ether oxygens (including phenoxy) is 7. The molecule has 0 spiro atoms. The second kappa shape index (κ2) is 4.99. The number of fused-ring (bicyclic) bond motifs is 3. The third-order valence-corrected chi connectivity index (χ3v) is 3.21. The Labute approximate surface area is 104 Å². The van der Waals surface area contributed by atoms with E-state index in [2.05, 4.69) is 0 Å². The molecule has 3 fully saturated rings. The molecule has 0 radical (unpaired) electrons. The summed E-state index contributed by atoms with van der Waals surface area (Å²) in [6.45, 7) is -1.81. The molecule has 0 aromatic carbocycles. The Kier molecular flexibility index (Phi) is 3.52. The van der Waals surface area contributed by atoms with Crippen molar-refractivity contribution >= 4 is 0 Å². The van der Waals surface area contributed by atoms with Crippen molar-refractivity contribution in [3.05, 3.63) is 0 Å². The van der Waals surface area contributed by atoms with Gasteiger partial charge in [0.25, 0.3) is 13.0 Å². The molecule has 7 atom stereocenters. The fourth-order valence-electron chi connectivity index (χ4n) is 2.38. The average molecular weight is 264 g/mol. The van der Waals surface area contributed by atoms with Gasteiger partial charge < -0.3 is 33.5 Å². The Hall–Kier alpha value is -0.320. The van der Waals surface area contributed by atoms with Crippen LogP contribution in [0.2, 0.25) is 0 Å². The molecule has 3 aliphatic rings. The molecule has 7 unspecified atom stereocenters. The Morgan fingerprint density at radius 3 is 2.17 bits per heavy atom. The number of aliphatic hydroxyl groups excluding tert-OH is 1. The van der Waals surface area contributed by atoms with Gasteiger partial charge in [-0.2, -0.15) is 0 Å². The summed E-state index contributed by atoms with van der Waals surface area (Å²) >= 11 is 0. The summed E-state index contributed by atoms with van der Waals surface area (Å²) in [4.78, 5) is 0. The van der Waals surface area contributed by atoms with E-state index in [-0.39, 0.29) is 6.61 Å². The second-order valence-electron chi connectivity index (χ2n) is 4.21. The first-order valence-corrected chi connectivity index (χ1v) is 5.70. The van der Waals surface area contributed by atoms with E-state index in [1.807, 2.05) is 0 Å². The van der Waals surface area contributed by atoms with Crippen molar-refractivity contribution in [3.63, 3.8) is 0 Å². The topological polar surface area (TPSA) is 84.8 Å². The lowest BCUT2D eigenvalue weighted by Crippen LogP contribution is -2.53. The highest BCUT2D eigenvalue weighted by Crippen LogP contribution is 2.39. The number of methoxy groups -OCH3 is 2. The quantitative estimate of drug-likeness (QED) is 0.678. The lowest BCUT2D eigenvalue weighted by molar-refractivity contribution is -0.379. The van der Waals surface area contributed by atoms with Crippen LogP contribution in [0.1, 0.15) is 0 Å². The van der Waals surface area contributed by atoms with Crippen LogP contribution in [-0.2, 0) is 33.2 Å². The van der Waals surface area contributed by atoms with Gasteiger partial charge in [-0.1, -0.05) is 0 Å². The fourth-order valence-corrected chi connectivity index (χ4v) is 2.38. The van der Waals surface area contributed by atoms with Gasteiger partial charge in [0.1, 0.15) is 24.4 Å². The van der Waals surface area contributed by atoms with Crippen LogP contribution in [0.15, 0.2) is 0 Å². The van der Waals surface area contributed by atoms with Crippen LogP contribution in [0.5, 0.6) is 0 Å². The predicted molar refractivity (Wildman–Crippen MR) is 53.0 cm³/mol. The smallest absolute Gasteiger partial charge is 0.274 e. The van der Waals surface area contributed by atoms with Gasteiger partial charge in [0.2, 0.25) is 0 Å². The zero-order chi connectivity index (χ0) is 12.7. The maximum absolute atomic E-state index is 9.29. The first-order chi connectivity index (χ1) is 8.76. The number of hydrogen-bond donors (Lipinski definition) is 1. The standard InChI is InChI=1S/C10H16O8/c1-12-9-14-4(3-11)5-6(16-9)7-8(15-5)18-10(13-2)17-7/h4-11H,3H2,1-2H3. The van der Waals surface area contributed by atoms with E-state index in [4.69, 9.17) is 33.2 Å². The molecular weight excluding hydrogens is 248 g/mol. The summed E-state index contributed by atoms with van der Waals surface area (Å²) in [6, 6.07) is 0. The molecule has 3 aliphatic heterocycles. The van der Waals surface area contributed by atoms with Crippen molar-refractivity contribution in [3.8, 4) is 0 Å². The van der Waals surface area contributed by atoms with E-state index in [0.29, 0.717) is 0 Å². The summed E-state index contributed by atoms with van der Waals surface area (Å²) in [5, 5.41) is 9.29. The lowest BCUT2D eigenvalue weighted by Gasteiger charge is -2.37. The minimum absolute atomic E-state index is 0.197. The Morgan fingerprint density at radius 2 is 1.50 bits per heavy atom. The summed E-state index contributed by atoms with van der Waals surface area (Å²) in [7, 11) is 2.93. The van der Waals surface area contributed by atoms with E-state index >= 15 is 0 Å². The van der Waals surface area contributed by atoms with Crippen molar-refractivity contribution < 1.29 is 38.3 Å². The number of rotatable bonds is 3. The van der Waals surface area contributed by atoms with Crippen LogP contribution in [-0.4, -0.2) is 69.6 Å². The molecule has 3 rings (SSSR count). The highest BCUT2D eigenvalue weighted by atomic mass is 16.9. The van der Waals surface area contributed by atoms with Crippen molar-refractivity contribution in [1.82, 2.24) is 0 Å². The molecule has 18 heavy (non-hydrogen) atoms. The third-order valence-electron chi connectivity index (χ3n) is 3.21. The highest BCUT2D eigenvalue weighted by Gasteiger charge is 2.58. The maximum Gasteiger partial charge on any atom is 0.274 e. The van der Waals surface area contributed by atoms with Gasteiger partial charge in [-0.05, 0) is 0 Å². The summed E-state index contributed by atoms with van der Waals surface area (Å²) in [5.41, 5.74) is 0. The molecule has 0 aromatic heterocycles. The monoisotopic (exact) mass is 264 g/mol. The van der Waals surface area contributed by atoms with E-state index in [1.54, 1.807) is 0 Å². The number of hydrogen-bond acceptors (Lipinski definition) is 8. The molecule has 0 aromatic rings. The van der Waals surface area contributed by atoms with Crippen molar-refractivity contribution in [2.75, 3.05) is 20.8 Å². The van der Waals surface area contributed by atoms with Crippen molar-refractivity contribution in [2.45, 2.75) is 43.7 Å². The molecule has 8 heteroatoms. The van der Waals surface area contributed by atoms with Gasteiger partial charge in [0.05, 0.1) is 6.61 Å². The molecule has 104 valence electrons. The molecule has 1 N–H and O–H groups in total. The largest absolute Gasteiger partial charge is 0.394 e. The van der Waals surface area contributed by atoms with Crippen LogP contribution >= 0.6 is 0 Å². The highest BCUT2D eigenvalue weighted by molar-refractivity contribution is 4.97. The van der Waals surface area contributed by atoms with Crippen LogP contribution in [0.25, 0.3) is 0 Å². The van der Waals surface area contributed by atoms with Crippen LogP contribution in [0.3, 0.4) is 0 Å². The molecule has 3 saturated heterocycles. The van der Waals surface area contributed by atoms with E-state index < -0.39 is 43.7 Å². The Morgan fingerprint density at radius 1 is 0.833 bits per heavy atom. The van der Waals surface area contributed by atoms with E-state index in [1.165, 1.54) is 14.2 Å². The first kappa shape index (κ1) is 12.7. The van der Waals surface area contributed by atoms with Crippen LogP contribution < -0.4 is 0 Å². The third kappa shape index (κ3) is 1.95. The Balaban J connectivity index is 1.74. The van der Waals surface area contributed by atoms with Gasteiger partial charge >= 0.3 is 0 Å². The first-order valence-electron chi connectivity index (χ1n) is 5.70. The average Bonchev–Trinajstić information content (AvgIpc) is 2.94. The Bertz CT molecular complexity index is 300. The normalized spacial score (nSPS) is 51.2. The zero-order valence-corrected chi connectivity index (χ0v) is 10.1. The molecule has 0 aliphatic carbocycles. The second-order valence-corrected chi connectivity index (χ2v) is 4.21. The molecule has 0 saturated carbocycles. The minimum Gasteiger partial charge on any atom is -0.394 e. The molecule has 0 amide bonds. The molecule has 3 heterocycles. The van der Waals surface area contributed by atoms with Gasteiger partial charge in [-0.15, -0.1) is 0 Å².